The van der Waals surface area contributed by atoms with Crippen LogP contribution in [0.4, 0.5) is 4.79 Å². The van der Waals surface area contributed by atoms with Crippen LogP contribution in [0.15, 0.2) is 54.6 Å². The highest BCUT2D eigenvalue weighted by molar-refractivity contribution is 5.88. The Hall–Kier alpha value is -4.50. The SMILES string of the molecule is N#Cc1ccc2nnn(C(=O)N3CC4CC3CN4C(c3ccc4c(c3)COCO4)c3ccc4c(c3)COCO4)c2c1. The first-order valence-electron chi connectivity index (χ1n) is 13.7. The van der Waals surface area contributed by atoms with Gasteiger partial charge in [0, 0.05) is 36.3 Å². The summed E-state index contributed by atoms with van der Waals surface area (Å²) in [4.78, 5) is 18.1. The lowest BCUT2D eigenvalue weighted by Gasteiger charge is -2.39. The summed E-state index contributed by atoms with van der Waals surface area (Å²) in [5.41, 5.74) is 5.94. The largest absolute Gasteiger partial charge is 0.467 e. The van der Waals surface area contributed by atoms with E-state index in [4.69, 9.17) is 18.9 Å². The average Bonchev–Trinajstić information content (AvgIpc) is 3.75. The predicted molar refractivity (Wildman–Crippen MR) is 144 cm³/mol. The first-order valence-corrected chi connectivity index (χ1v) is 13.7. The summed E-state index contributed by atoms with van der Waals surface area (Å²) < 4.78 is 23.8. The van der Waals surface area contributed by atoms with E-state index < -0.39 is 0 Å². The molecular weight excluding hydrogens is 524 g/mol. The number of amides is 1. The number of nitrogens with zero attached hydrogens (tertiary/aromatic N) is 6. The Kier molecular flexibility index (Phi) is 5.67. The number of rotatable bonds is 3. The van der Waals surface area contributed by atoms with E-state index in [0.717, 1.165) is 40.2 Å². The van der Waals surface area contributed by atoms with Crippen molar-refractivity contribution in [2.45, 2.75) is 37.8 Å². The van der Waals surface area contributed by atoms with E-state index in [9.17, 15) is 10.1 Å². The second kappa shape index (κ2) is 9.55. The molecule has 3 aromatic carbocycles. The monoisotopic (exact) mass is 550 g/mol. The minimum Gasteiger partial charge on any atom is -0.467 e. The Bertz CT molecular complexity index is 1670. The van der Waals surface area contributed by atoms with Gasteiger partial charge >= 0.3 is 6.03 Å². The quantitative estimate of drug-likeness (QED) is 0.378. The molecule has 0 radical (unpaired) electrons. The standard InChI is InChI=1S/C30H26N6O5/c31-11-18-1-4-25-26(7-18)36(33-32-25)30(37)35-13-23-10-24(35)12-34(23)29(19-2-5-27-21(8-19)14-38-16-40-27)20-3-6-28-22(9-20)15-39-17-41-28/h1-9,23-24,29H,10,12-17H2. The van der Waals surface area contributed by atoms with Crippen LogP contribution in [0.5, 0.6) is 11.5 Å². The van der Waals surface area contributed by atoms with Gasteiger partial charge in [-0.1, -0.05) is 17.3 Å². The maximum absolute atomic E-state index is 13.7. The van der Waals surface area contributed by atoms with Gasteiger partial charge in [0.1, 0.15) is 22.5 Å². The third-order valence-corrected chi connectivity index (χ3v) is 8.53. The number of nitriles is 1. The second-order valence-corrected chi connectivity index (χ2v) is 10.8. The summed E-state index contributed by atoms with van der Waals surface area (Å²) >= 11 is 0. The van der Waals surface area contributed by atoms with Gasteiger partial charge in [-0.3, -0.25) is 4.90 Å². The van der Waals surface area contributed by atoms with Crippen LogP contribution in [0.25, 0.3) is 11.0 Å². The normalized spacial score (nSPS) is 21.3. The average molecular weight is 551 g/mol. The van der Waals surface area contributed by atoms with E-state index in [-0.39, 0.29) is 37.7 Å². The van der Waals surface area contributed by atoms with Crippen molar-refractivity contribution >= 4 is 17.1 Å². The molecule has 4 aromatic rings. The van der Waals surface area contributed by atoms with Gasteiger partial charge in [0.15, 0.2) is 13.6 Å². The number of carbonyl (C=O) groups excluding carboxylic acids is 1. The minimum absolute atomic E-state index is 0.0296. The lowest BCUT2D eigenvalue weighted by molar-refractivity contribution is -0.0165. The summed E-state index contributed by atoms with van der Waals surface area (Å²) in [6.07, 6.45) is 0.868. The van der Waals surface area contributed by atoms with Gasteiger partial charge in [0.2, 0.25) is 0 Å². The van der Waals surface area contributed by atoms with Crippen LogP contribution in [-0.4, -0.2) is 69.6 Å². The Labute approximate surface area is 235 Å². The topological polar surface area (TPSA) is 115 Å². The molecule has 0 spiro atoms. The van der Waals surface area contributed by atoms with Crippen molar-refractivity contribution in [1.82, 2.24) is 24.8 Å². The van der Waals surface area contributed by atoms with E-state index >= 15 is 0 Å². The molecule has 4 aliphatic heterocycles. The first-order chi connectivity index (χ1) is 20.2. The van der Waals surface area contributed by atoms with Crippen molar-refractivity contribution in [2.24, 2.45) is 0 Å². The predicted octanol–water partition coefficient (Wildman–Crippen LogP) is 3.55. The second-order valence-electron chi connectivity index (χ2n) is 10.8. The van der Waals surface area contributed by atoms with E-state index in [1.165, 1.54) is 4.68 Å². The lowest BCUT2D eigenvalue weighted by Crippen LogP contribution is -2.51. The molecular formula is C30H26N6O5. The Morgan fingerprint density at radius 3 is 2.24 bits per heavy atom. The van der Waals surface area contributed by atoms with Crippen molar-refractivity contribution in [1.29, 1.82) is 5.26 Å². The zero-order valence-electron chi connectivity index (χ0n) is 22.1. The van der Waals surface area contributed by atoms with Crippen LogP contribution in [-0.2, 0) is 22.7 Å². The van der Waals surface area contributed by atoms with Crippen molar-refractivity contribution in [3.05, 3.63) is 82.4 Å². The molecule has 4 aliphatic rings. The molecule has 2 atom stereocenters. The summed E-state index contributed by atoms with van der Waals surface area (Å²) in [6.45, 7) is 2.84. The molecule has 2 unspecified atom stereocenters. The Morgan fingerprint density at radius 1 is 0.902 bits per heavy atom. The van der Waals surface area contributed by atoms with Crippen LogP contribution >= 0.6 is 0 Å². The van der Waals surface area contributed by atoms with E-state index in [1.807, 2.05) is 17.0 Å². The Balaban J connectivity index is 1.12. The van der Waals surface area contributed by atoms with Crippen LogP contribution in [0.3, 0.4) is 0 Å². The molecule has 0 saturated carbocycles. The number of fused-ring (bicyclic) bond motifs is 5. The van der Waals surface area contributed by atoms with Gasteiger partial charge in [0.05, 0.1) is 30.9 Å². The van der Waals surface area contributed by atoms with Gasteiger partial charge < -0.3 is 23.8 Å². The van der Waals surface area contributed by atoms with Crippen molar-refractivity contribution in [3.63, 3.8) is 0 Å². The van der Waals surface area contributed by atoms with Crippen molar-refractivity contribution < 1.29 is 23.7 Å². The number of hydrogen-bond acceptors (Lipinski definition) is 9. The smallest absolute Gasteiger partial charge is 0.347 e. The molecule has 8 rings (SSSR count). The van der Waals surface area contributed by atoms with Crippen LogP contribution in [0.2, 0.25) is 0 Å². The number of aromatic nitrogens is 3. The molecule has 0 aliphatic carbocycles. The molecule has 11 heteroatoms. The third-order valence-electron chi connectivity index (χ3n) is 8.53. The Morgan fingerprint density at radius 2 is 1.61 bits per heavy atom. The van der Waals surface area contributed by atoms with Gasteiger partial charge in [-0.15, -0.1) is 5.10 Å². The summed E-state index contributed by atoms with van der Waals surface area (Å²) in [5.74, 6) is 1.70. The number of piperazine rings is 1. The lowest BCUT2D eigenvalue weighted by atomic mass is 9.93. The first kappa shape index (κ1) is 24.3. The summed E-state index contributed by atoms with van der Waals surface area (Å²) in [5, 5.41) is 17.6. The highest BCUT2D eigenvalue weighted by atomic mass is 16.7. The van der Waals surface area contributed by atoms with E-state index in [0.29, 0.717) is 42.9 Å². The fourth-order valence-electron chi connectivity index (χ4n) is 6.63. The number of hydrogen-bond donors (Lipinski definition) is 0. The highest BCUT2D eigenvalue weighted by Gasteiger charge is 2.48. The molecule has 5 heterocycles. The number of carbonyl (C=O) groups is 1. The molecule has 1 amide bonds. The molecule has 2 fully saturated rings. The number of likely N-dealkylation sites (tertiary alicyclic amines) is 2. The van der Waals surface area contributed by atoms with Crippen molar-refractivity contribution in [3.8, 4) is 17.6 Å². The third kappa shape index (κ3) is 4.02. The van der Waals surface area contributed by atoms with Crippen LogP contribution in [0.1, 0.15) is 40.3 Å². The fourth-order valence-corrected chi connectivity index (χ4v) is 6.63. The summed E-state index contributed by atoms with van der Waals surface area (Å²) in [7, 11) is 0. The van der Waals surface area contributed by atoms with E-state index in [1.54, 1.807) is 18.2 Å². The van der Waals surface area contributed by atoms with E-state index in [2.05, 4.69) is 45.5 Å². The molecule has 2 bridgehead atoms. The van der Waals surface area contributed by atoms with Gasteiger partial charge in [-0.05, 0) is 60.0 Å². The number of benzene rings is 3. The molecule has 2 saturated heterocycles. The molecule has 11 nitrogen and oxygen atoms in total. The maximum Gasteiger partial charge on any atom is 0.347 e. The van der Waals surface area contributed by atoms with Gasteiger partial charge in [-0.25, -0.2) is 4.79 Å². The summed E-state index contributed by atoms with van der Waals surface area (Å²) in [6, 6.07) is 19.8. The molecule has 1 aromatic heterocycles. The van der Waals surface area contributed by atoms with Crippen molar-refractivity contribution in [2.75, 3.05) is 26.7 Å². The highest BCUT2D eigenvalue weighted by Crippen LogP contribution is 2.42. The molecule has 41 heavy (non-hydrogen) atoms. The zero-order chi connectivity index (χ0) is 27.5. The van der Waals surface area contributed by atoms with Crippen LogP contribution < -0.4 is 9.47 Å². The minimum atomic E-state index is -0.211. The fraction of sp³-hybridized carbons (Fsp3) is 0.333. The molecule has 0 N–H and O–H groups in total. The maximum atomic E-state index is 13.7. The van der Waals surface area contributed by atoms with Crippen LogP contribution in [0, 0.1) is 11.3 Å². The van der Waals surface area contributed by atoms with Gasteiger partial charge in [-0.2, -0.15) is 9.94 Å². The zero-order valence-corrected chi connectivity index (χ0v) is 22.1. The number of ether oxygens (including phenoxy) is 4. The van der Waals surface area contributed by atoms with Gasteiger partial charge in [0.25, 0.3) is 0 Å². The molecule has 206 valence electrons.